The summed E-state index contributed by atoms with van der Waals surface area (Å²) in [4.78, 5) is 95.4. The summed E-state index contributed by atoms with van der Waals surface area (Å²) >= 11 is 0. The lowest BCUT2D eigenvalue weighted by molar-refractivity contribution is -0.301. The van der Waals surface area contributed by atoms with E-state index in [0.717, 1.165) is 25.7 Å². The number of unbranched alkanes of at least 4 members (excludes halogenated alkanes) is 17. The van der Waals surface area contributed by atoms with E-state index in [1.807, 2.05) is 6.92 Å². The van der Waals surface area contributed by atoms with Gasteiger partial charge >= 0.3 is 0 Å². The highest BCUT2D eigenvalue weighted by Gasteiger charge is 2.46. The molecule has 0 radical (unpaired) electrons. The van der Waals surface area contributed by atoms with Crippen LogP contribution in [0, 0.1) is 5.92 Å². The van der Waals surface area contributed by atoms with Crippen LogP contribution >= 0.6 is 0 Å². The number of carbonyl (C=O) groups excluding carboxylic acids is 7. The number of aliphatic hydroxyl groups excluding tert-OH is 11. The van der Waals surface area contributed by atoms with Crippen LogP contribution in [0.5, 0.6) is 0 Å². The predicted octanol–water partition coefficient (Wildman–Crippen LogP) is -1.86. The molecule has 100 heavy (non-hydrogen) atoms. The third-order valence-electron chi connectivity index (χ3n) is 18.2. The van der Waals surface area contributed by atoms with Gasteiger partial charge in [0, 0.05) is 64.4 Å². The minimum atomic E-state index is -1.73. The Morgan fingerprint density at radius 1 is 0.380 bits per heavy atom. The molecule has 18 N–H and O–H groups in total. The molecule has 0 aromatic rings. The van der Waals surface area contributed by atoms with E-state index in [2.05, 4.69) is 44.1 Å². The molecule has 0 aromatic heterocycles. The van der Waals surface area contributed by atoms with Crippen LogP contribution < -0.4 is 37.2 Å². The van der Waals surface area contributed by atoms with Gasteiger partial charge in [-0.1, -0.05) is 104 Å². The number of carbonyl (C=O) groups is 7. The number of nitrogens with zero attached hydrogens (tertiary/aromatic N) is 1. The Bertz CT molecular complexity index is 2250. The zero-order valence-electron chi connectivity index (χ0n) is 59.5. The monoisotopic (exact) mass is 1440 g/mol. The third kappa shape index (κ3) is 35.4. The van der Waals surface area contributed by atoms with Gasteiger partial charge < -0.3 is 122 Å². The first-order valence-electron chi connectivity index (χ1n) is 36.9. The lowest BCUT2D eigenvalue weighted by Crippen LogP contribution is -2.59. The second kappa shape index (κ2) is 53.4. The molecule has 0 bridgehead atoms. The SMILES string of the molecule is CCCCCCCCCCCCCCCC(=O)NCCCCC(NC(=O)CCCCCCC(=O)NCC)C(=O)NCCCC[C@@H](C(=O)NCCO[C@H]1O[C@H](CO)[C@@H](O)[C@H](C)[C@@H]1O)N(CC(=O)NCCCO[C@H]1O[C@H](CO)[C@@H](O)[C@H](O)[C@@H]1O)CC(=O)NCCO[C@H]1O[C@H](CO)[C@@H](O)[C@H](O)[C@@H]1O. The van der Waals surface area contributed by atoms with Gasteiger partial charge in [-0.3, -0.25) is 38.5 Å². The molecule has 3 aliphatic rings. The van der Waals surface area contributed by atoms with Gasteiger partial charge in [0.05, 0.1) is 64.9 Å². The van der Waals surface area contributed by atoms with Crippen molar-refractivity contribution in [2.24, 2.45) is 5.92 Å². The molecule has 7 amide bonds. The Morgan fingerprint density at radius 3 is 1.27 bits per heavy atom. The molecule has 0 spiro atoms. The molecule has 3 aliphatic heterocycles. The van der Waals surface area contributed by atoms with Crippen molar-refractivity contribution in [2.75, 3.05) is 92.0 Å². The normalized spacial score (nSPS) is 25.9. The number of nitrogens with one attached hydrogen (secondary N) is 7. The van der Waals surface area contributed by atoms with E-state index in [1.54, 1.807) is 6.92 Å². The second-order valence-corrected chi connectivity index (χ2v) is 26.5. The number of ether oxygens (including phenoxy) is 6. The molecule has 1 unspecified atom stereocenters. The summed E-state index contributed by atoms with van der Waals surface area (Å²) in [6.45, 7) is 2.30. The fourth-order valence-electron chi connectivity index (χ4n) is 12.0. The molecule has 32 heteroatoms. The lowest BCUT2D eigenvalue weighted by atomic mass is 9.91. The van der Waals surface area contributed by atoms with Crippen LogP contribution in [-0.4, -0.2) is 293 Å². The van der Waals surface area contributed by atoms with Crippen molar-refractivity contribution in [1.29, 1.82) is 0 Å². The minimum Gasteiger partial charge on any atom is -0.394 e. The van der Waals surface area contributed by atoms with Gasteiger partial charge in [0.2, 0.25) is 41.4 Å². The van der Waals surface area contributed by atoms with Crippen molar-refractivity contribution in [3.05, 3.63) is 0 Å². The molecular formula is C68H126N8O24. The first-order chi connectivity index (χ1) is 48.1. The van der Waals surface area contributed by atoms with Crippen LogP contribution in [0.25, 0.3) is 0 Å². The second-order valence-electron chi connectivity index (χ2n) is 26.5. The maximum absolute atomic E-state index is 14.5. The summed E-state index contributed by atoms with van der Waals surface area (Å²) in [6, 6.07) is -2.18. The summed E-state index contributed by atoms with van der Waals surface area (Å²) < 4.78 is 33.2. The highest BCUT2D eigenvalue weighted by Crippen LogP contribution is 2.27. The van der Waals surface area contributed by atoms with Crippen LogP contribution in [0.4, 0.5) is 0 Å². The average Bonchev–Trinajstić information content (AvgIpc) is 0.834. The van der Waals surface area contributed by atoms with Crippen LogP contribution in [-0.2, 0) is 62.0 Å². The summed E-state index contributed by atoms with van der Waals surface area (Å²) in [7, 11) is 0. The molecule has 3 saturated heterocycles. The van der Waals surface area contributed by atoms with Gasteiger partial charge in [-0.25, -0.2) is 0 Å². The Morgan fingerprint density at radius 2 is 0.770 bits per heavy atom. The number of rotatable bonds is 56. The highest BCUT2D eigenvalue weighted by atomic mass is 16.7. The van der Waals surface area contributed by atoms with Gasteiger partial charge in [0.1, 0.15) is 67.1 Å². The third-order valence-corrected chi connectivity index (χ3v) is 18.2. The van der Waals surface area contributed by atoms with Gasteiger partial charge in [-0.05, 0) is 71.1 Å². The van der Waals surface area contributed by atoms with Gasteiger partial charge in [0.25, 0.3) is 0 Å². The molecule has 3 heterocycles. The highest BCUT2D eigenvalue weighted by molar-refractivity contribution is 5.88. The summed E-state index contributed by atoms with van der Waals surface area (Å²) in [5.41, 5.74) is 0. The lowest BCUT2D eigenvalue weighted by Gasteiger charge is -2.40. The van der Waals surface area contributed by atoms with Crippen molar-refractivity contribution in [3.63, 3.8) is 0 Å². The van der Waals surface area contributed by atoms with E-state index >= 15 is 0 Å². The maximum atomic E-state index is 14.5. The quantitative estimate of drug-likeness (QED) is 0.0297. The zero-order chi connectivity index (χ0) is 73.6. The van der Waals surface area contributed by atoms with Crippen LogP contribution in [0.2, 0.25) is 0 Å². The van der Waals surface area contributed by atoms with Gasteiger partial charge in [-0.15, -0.1) is 0 Å². The maximum Gasteiger partial charge on any atom is 0.242 e. The summed E-state index contributed by atoms with van der Waals surface area (Å²) in [6.07, 6.45) is 0.833. The van der Waals surface area contributed by atoms with Gasteiger partial charge in [0.15, 0.2) is 18.9 Å². The number of aliphatic hydroxyl groups is 11. The van der Waals surface area contributed by atoms with E-state index < -0.39 is 161 Å². The average molecular weight is 1440 g/mol. The number of hydrogen-bond donors (Lipinski definition) is 18. The standard InChI is InChI=1S/C68H126N8O24/c1-4-6-7-8-9-10-11-12-13-14-15-16-19-30-52(81)70-32-24-22-27-46(75-53(82)31-21-18-17-20-29-51(80)69-5-2)64(93)73-33-25-23-28-47(65(94)74-36-39-96-66-57(86)45(3)56(85)48(42-77)98-66)76(41-55(84)72-35-38-97-68-63(92)61(90)59(88)50(44-79)100-68)40-54(83)71-34-26-37-95-67-62(91)60(89)58(87)49(43-78)99-67/h45-50,56-63,66-68,77-79,85-92H,4-44H2,1-3H3,(H,69,80)(H,70,81)(H,71,83)(H,72,84)(H,73,93)(H,74,94)(H,75,82)/t45-,46?,47-,48+,49+,50+,56-,57-,58+,59+,60-,61-,62-,63-,66-,67-,68-/m0/s1. The molecule has 0 saturated carbocycles. The topological polar surface area (TPSA) is 485 Å². The van der Waals surface area contributed by atoms with E-state index in [0.29, 0.717) is 58.0 Å². The molecule has 0 aliphatic carbocycles. The van der Waals surface area contributed by atoms with Crippen molar-refractivity contribution in [1.82, 2.24) is 42.1 Å². The minimum absolute atomic E-state index is 0.0250. The number of amides is 7. The smallest absolute Gasteiger partial charge is 0.242 e. The number of hydrogen-bond acceptors (Lipinski definition) is 25. The molecular weight excluding hydrogens is 1310 g/mol. The Kier molecular flexibility index (Phi) is 47.9. The Hall–Kier alpha value is -4.43. The predicted molar refractivity (Wildman–Crippen MR) is 364 cm³/mol. The molecule has 17 atom stereocenters. The van der Waals surface area contributed by atoms with E-state index in [-0.39, 0.29) is 102 Å². The fraction of sp³-hybridized carbons (Fsp3) is 0.897. The van der Waals surface area contributed by atoms with Crippen molar-refractivity contribution in [2.45, 2.75) is 292 Å². The molecule has 32 nitrogen and oxygen atoms in total. The molecule has 3 fully saturated rings. The largest absolute Gasteiger partial charge is 0.394 e. The van der Waals surface area contributed by atoms with Crippen LogP contribution in [0.15, 0.2) is 0 Å². The van der Waals surface area contributed by atoms with Gasteiger partial charge in [-0.2, -0.15) is 0 Å². The van der Waals surface area contributed by atoms with E-state index in [1.165, 1.54) is 69.1 Å². The van der Waals surface area contributed by atoms with Crippen molar-refractivity contribution in [3.8, 4) is 0 Å². The Labute approximate surface area is 589 Å². The van der Waals surface area contributed by atoms with Crippen molar-refractivity contribution < 1.29 is 118 Å². The summed E-state index contributed by atoms with van der Waals surface area (Å²) in [5.74, 6) is -3.68. The fourth-order valence-corrected chi connectivity index (χ4v) is 12.0. The molecule has 3 rings (SSSR count). The zero-order valence-corrected chi connectivity index (χ0v) is 59.5. The molecule has 0 aromatic carbocycles. The first kappa shape index (κ1) is 89.8. The molecule has 582 valence electrons. The Balaban J connectivity index is 1.73. The van der Waals surface area contributed by atoms with E-state index in [9.17, 15) is 89.7 Å². The van der Waals surface area contributed by atoms with Crippen LogP contribution in [0.1, 0.15) is 194 Å². The first-order valence-corrected chi connectivity index (χ1v) is 36.9. The summed E-state index contributed by atoms with van der Waals surface area (Å²) in [5, 5.41) is 131. The van der Waals surface area contributed by atoms with Crippen molar-refractivity contribution >= 4 is 41.4 Å². The van der Waals surface area contributed by atoms with E-state index in [4.69, 9.17) is 28.4 Å². The van der Waals surface area contributed by atoms with Crippen LogP contribution in [0.3, 0.4) is 0 Å².